The Kier molecular flexibility index (Phi) is 4.07. The highest BCUT2D eigenvalue weighted by Crippen LogP contribution is 2.37. The number of nitrogens with zero attached hydrogens (tertiary/aromatic N) is 1. The maximum Gasteiger partial charge on any atom is 0.200 e. The van der Waals surface area contributed by atoms with E-state index in [1.807, 2.05) is 12.1 Å². The van der Waals surface area contributed by atoms with Crippen LogP contribution in [0.3, 0.4) is 0 Å². The lowest BCUT2D eigenvalue weighted by molar-refractivity contribution is 0.339. The smallest absolute Gasteiger partial charge is 0.200 e. The van der Waals surface area contributed by atoms with Crippen molar-refractivity contribution < 1.29 is 14.6 Å². The second kappa shape index (κ2) is 5.95. The van der Waals surface area contributed by atoms with Gasteiger partial charge in [0.1, 0.15) is 0 Å². The summed E-state index contributed by atoms with van der Waals surface area (Å²) in [6.07, 6.45) is 3.45. The molecule has 2 aromatic rings. The van der Waals surface area contributed by atoms with Crippen LogP contribution in [0.4, 0.5) is 5.69 Å². The summed E-state index contributed by atoms with van der Waals surface area (Å²) >= 11 is 0. The fourth-order valence-corrected chi connectivity index (χ4v) is 1.72. The summed E-state index contributed by atoms with van der Waals surface area (Å²) < 4.78 is 10.2. The van der Waals surface area contributed by atoms with Crippen LogP contribution in [0.15, 0.2) is 36.7 Å². The number of rotatable bonds is 5. The standard InChI is InChI=1S/C14H16N2O3/c1-18-12-7-10(8-13(19-2)14(12)17)9-16-11-3-5-15-6-4-11/h3-8,17H,9H2,1-2H3,(H,15,16). The van der Waals surface area contributed by atoms with Crippen LogP contribution in [0.2, 0.25) is 0 Å². The summed E-state index contributed by atoms with van der Waals surface area (Å²) in [4.78, 5) is 3.95. The maximum atomic E-state index is 9.82. The molecule has 5 heteroatoms. The Morgan fingerprint density at radius 2 is 1.68 bits per heavy atom. The van der Waals surface area contributed by atoms with Crippen LogP contribution in [0.1, 0.15) is 5.56 Å². The third kappa shape index (κ3) is 3.07. The summed E-state index contributed by atoms with van der Waals surface area (Å²) in [5.41, 5.74) is 1.92. The molecule has 0 amide bonds. The number of nitrogens with one attached hydrogen (secondary N) is 1. The van der Waals surface area contributed by atoms with Crippen molar-refractivity contribution in [1.29, 1.82) is 0 Å². The first kappa shape index (κ1) is 13.0. The van der Waals surface area contributed by atoms with Crippen molar-refractivity contribution >= 4 is 5.69 Å². The van der Waals surface area contributed by atoms with E-state index in [4.69, 9.17) is 9.47 Å². The number of hydrogen-bond acceptors (Lipinski definition) is 5. The number of aromatic hydroxyl groups is 1. The van der Waals surface area contributed by atoms with Crippen LogP contribution in [-0.2, 0) is 6.54 Å². The molecular weight excluding hydrogens is 244 g/mol. The molecule has 2 N–H and O–H groups in total. The molecule has 1 aromatic heterocycles. The molecule has 1 aromatic carbocycles. The highest BCUT2D eigenvalue weighted by atomic mass is 16.5. The van der Waals surface area contributed by atoms with E-state index in [2.05, 4.69) is 10.3 Å². The molecule has 0 saturated heterocycles. The molecule has 0 aliphatic carbocycles. The number of aromatic nitrogens is 1. The van der Waals surface area contributed by atoms with Crippen LogP contribution < -0.4 is 14.8 Å². The number of phenols is 1. The highest BCUT2D eigenvalue weighted by molar-refractivity contribution is 5.53. The second-order valence-corrected chi connectivity index (χ2v) is 3.94. The zero-order valence-electron chi connectivity index (χ0n) is 10.9. The van der Waals surface area contributed by atoms with Gasteiger partial charge in [0.15, 0.2) is 11.5 Å². The van der Waals surface area contributed by atoms with Gasteiger partial charge in [0, 0.05) is 24.6 Å². The molecule has 2 rings (SSSR count). The number of hydrogen-bond donors (Lipinski definition) is 2. The number of benzene rings is 1. The summed E-state index contributed by atoms with van der Waals surface area (Å²) in [5.74, 6) is 0.800. The molecule has 1 heterocycles. The predicted molar refractivity (Wildman–Crippen MR) is 72.8 cm³/mol. The Morgan fingerprint density at radius 3 is 2.21 bits per heavy atom. The third-order valence-electron chi connectivity index (χ3n) is 2.72. The first-order chi connectivity index (χ1) is 9.24. The van der Waals surface area contributed by atoms with Gasteiger partial charge in [0.25, 0.3) is 0 Å². The van der Waals surface area contributed by atoms with Gasteiger partial charge in [0.05, 0.1) is 14.2 Å². The average molecular weight is 260 g/mol. The van der Waals surface area contributed by atoms with E-state index in [1.54, 1.807) is 24.5 Å². The molecule has 100 valence electrons. The van der Waals surface area contributed by atoms with Gasteiger partial charge in [-0.2, -0.15) is 0 Å². The first-order valence-electron chi connectivity index (χ1n) is 5.82. The Balaban J connectivity index is 2.16. The zero-order chi connectivity index (χ0) is 13.7. The normalized spacial score (nSPS) is 10.0. The van der Waals surface area contributed by atoms with Crippen LogP contribution in [0.5, 0.6) is 17.2 Å². The second-order valence-electron chi connectivity index (χ2n) is 3.94. The van der Waals surface area contributed by atoms with Crippen molar-refractivity contribution in [3.8, 4) is 17.2 Å². The predicted octanol–water partition coefficient (Wildman–Crippen LogP) is 2.42. The number of ether oxygens (including phenoxy) is 2. The molecule has 0 bridgehead atoms. The van der Waals surface area contributed by atoms with Crippen molar-refractivity contribution in [1.82, 2.24) is 4.98 Å². The minimum atomic E-state index is 0.0117. The topological polar surface area (TPSA) is 63.6 Å². The number of phenolic OH excluding ortho intramolecular Hbond substituents is 1. The van der Waals surface area contributed by atoms with Gasteiger partial charge in [-0.15, -0.1) is 0 Å². The Labute approximate surface area is 111 Å². The summed E-state index contributed by atoms with van der Waals surface area (Å²) in [7, 11) is 3.02. The van der Waals surface area contributed by atoms with Gasteiger partial charge < -0.3 is 19.9 Å². The minimum absolute atomic E-state index is 0.0117. The Hall–Kier alpha value is -2.43. The lowest BCUT2D eigenvalue weighted by Crippen LogP contribution is -2.00. The highest BCUT2D eigenvalue weighted by Gasteiger charge is 2.10. The number of methoxy groups -OCH3 is 2. The van der Waals surface area contributed by atoms with E-state index >= 15 is 0 Å². The van der Waals surface area contributed by atoms with E-state index in [0.717, 1.165) is 11.3 Å². The fraction of sp³-hybridized carbons (Fsp3) is 0.214. The minimum Gasteiger partial charge on any atom is -0.502 e. The molecule has 0 saturated carbocycles. The third-order valence-corrected chi connectivity index (χ3v) is 2.72. The van der Waals surface area contributed by atoms with Crippen molar-refractivity contribution in [3.63, 3.8) is 0 Å². The average Bonchev–Trinajstić information content (AvgIpc) is 2.47. The van der Waals surface area contributed by atoms with Gasteiger partial charge in [-0.25, -0.2) is 0 Å². The quantitative estimate of drug-likeness (QED) is 0.864. The summed E-state index contributed by atoms with van der Waals surface area (Å²) in [6.45, 7) is 0.594. The first-order valence-corrected chi connectivity index (χ1v) is 5.82. The molecule has 0 atom stereocenters. The molecule has 0 radical (unpaired) electrons. The molecular formula is C14H16N2O3. The molecule has 19 heavy (non-hydrogen) atoms. The van der Waals surface area contributed by atoms with Crippen LogP contribution >= 0.6 is 0 Å². The number of pyridine rings is 1. The van der Waals surface area contributed by atoms with E-state index in [9.17, 15) is 5.11 Å². The maximum absolute atomic E-state index is 9.82. The molecule has 5 nitrogen and oxygen atoms in total. The monoisotopic (exact) mass is 260 g/mol. The summed E-state index contributed by atoms with van der Waals surface area (Å²) in [6, 6.07) is 7.31. The molecule has 0 aliphatic heterocycles. The number of anilines is 1. The van der Waals surface area contributed by atoms with Crippen LogP contribution in [0, 0.1) is 0 Å². The lowest BCUT2D eigenvalue weighted by Gasteiger charge is -2.12. The SMILES string of the molecule is COc1cc(CNc2ccncc2)cc(OC)c1O. The van der Waals surface area contributed by atoms with Gasteiger partial charge in [-0.3, -0.25) is 4.98 Å². The molecule has 0 fully saturated rings. The van der Waals surface area contributed by atoms with Crippen LogP contribution in [-0.4, -0.2) is 24.3 Å². The van der Waals surface area contributed by atoms with E-state index in [-0.39, 0.29) is 5.75 Å². The van der Waals surface area contributed by atoms with Gasteiger partial charge in [0.2, 0.25) is 5.75 Å². The molecule has 0 unspecified atom stereocenters. The van der Waals surface area contributed by atoms with Crippen molar-refractivity contribution in [2.75, 3.05) is 19.5 Å². The van der Waals surface area contributed by atoms with Crippen molar-refractivity contribution in [2.24, 2.45) is 0 Å². The largest absolute Gasteiger partial charge is 0.502 e. The molecule has 0 aliphatic rings. The Bertz CT molecular complexity index is 519. The zero-order valence-corrected chi connectivity index (χ0v) is 10.9. The Morgan fingerprint density at radius 1 is 1.11 bits per heavy atom. The van der Waals surface area contributed by atoms with Crippen molar-refractivity contribution in [3.05, 3.63) is 42.2 Å². The fourth-order valence-electron chi connectivity index (χ4n) is 1.72. The van der Waals surface area contributed by atoms with E-state index < -0.39 is 0 Å². The van der Waals surface area contributed by atoms with E-state index in [1.165, 1.54) is 14.2 Å². The lowest BCUT2D eigenvalue weighted by atomic mass is 10.1. The van der Waals surface area contributed by atoms with Gasteiger partial charge >= 0.3 is 0 Å². The molecule has 0 spiro atoms. The van der Waals surface area contributed by atoms with E-state index in [0.29, 0.717) is 18.0 Å². The summed E-state index contributed by atoms with van der Waals surface area (Å²) in [5, 5.41) is 13.1. The van der Waals surface area contributed by atoms with Gasteiger partial charge in [-0.1, -0.05) is 0 Å². The van der Waals surface area contributed by atoms with Crippen LogP contribution in [0.25, 0.3) is 0 Å². The van der Waals surface area contributed by atoms with Crippen molar-refractivity contribution in [2.45, 2.75) is 6.54 Å². The van der Waals surface area contributed by atoms with Gasteiger partial charge in [-0.05, 0) is 29.8 Å².